The van der Waals surface area contributed by atoms with E-state index in [1.54, 1.807) is 18.2 Å². The predicted octanol–water partition coefficient (Wildman–Crippen LogP) is 2.49. The first-order chi connectivity index (χ1) is 8.70. The van der Waals surface area contributed by atoms with Crippen molar-refractivity contribution in [3.05, 3.63) is 57.4 Å². The van der Waals surface area contributed by atoms with Gasteiger partial charge in [0.15, 0.2) is 0 Å². The summed E-state index contributed by atoms with van der Waals surface area (Å²) < 4.78 is 0.859. The zero-order valence-corrected chi connectivity index (χ0v) is 11.3. The lowest BCUT2D eigenvalue weighted by molar-refractivity contribution is 0.0926. The van der Waals surface area contributed by atoms with Crippen LogP contribution in [0.25, 0.3) is 0 Å². The van der Waals surface area contributed by atoms with Crippen molar-refractivity contribution in [2.24, 2.45) is 0 Å². The molecule has 3 rings (SSSR count). The number of amides is 2. The van der Waals surface area contributed by atoms with Crippen LogP contribution in [0.3, 0.4) is 0 Å². The fraction of sp³-hybridized carbons (Fsp3) is 0. The average Bonchev–Trinajstić information content (AvgIpc) is 2.64. The van der Waals surface area contributed by atoms with Gasteiger partial charge in [-0.1, -0.05) is 12.1 Å². The molecule has 2 aromatic rings. The Morgan fingerprint density at radius 2 is 1.72 bits per heavy atom. The van der Waals surface area contributed by atoms with Gasteiger partial charge in [-0.15, -0.1) is 0 Å². The molecule has 0 aliphatic carbocycles. The maximum atomic E-state index is 12.2. The van der Waals surface area contributed by atoms with Crippen molar-refractivity contribution in [1.82, 2.24) is 4.98 Å². The molecule has 88 valence electrons. The number of pyridine rings is 1. The van der Waals surface area contributed by atoms with Crippen LogP contribution in [0.15, 0.2) is 42.7 Å². The van der Waals surface area contributed by atoms with Crippen LogP contribution in [0.4, 0.5) is 5.69 Å². The van der Waals surface area contributed by atoms with E-state index in [4.69, 9.17) is 0 Å². The zero-order chi connectivity index (χ0) is 12.7. The van der Waals surface area contributed by atoms with Crippen molar-refractivity contribution in [2.45, 2.75) is 0 Å². The van der Waals surface area contributed by atoms with Crippen LogP contribution in [-0.2, 0) is 0 Å². The average molecular weight is 350 g/mol. The summed E-state index contributed by atoms with van der Waals surface area (Å²) >= 11 is 2.11. The highest BCUT2D eigenvalue weighted by atomic mass is 127. The van der Waals surface area contributed by atoms with E-state index in [9.17, 15) is 9.59 Å². The Morgan fingerprint density at radius 3 is 2.44 bits per heavy atom. The summed E-state index contributed by atoms with van der Waals surface area (Å²) in [4.78, 5) is 29.5. The number of nitrogens with zero attached hydrogens (tertiary/aromatic N) is 2. The highest BCUT2D eigenvalue weighted by Crippen LogP contribution is 2.30. The number of fused-ring (bicyclic) bond motifs is 1. The molecule has 0 atom stereocenters. The van der Waals surface area contributed by atoms with Crippen molar-refractivity contribution in [3.8, 4) is 0 Å². The Kier molecular flexibility index (Phi) is 2.62. The van der Waals surface area contributed by atoms with Crippen LogP contribution in [0.1, 0.15) is 20.7 Å². The van der Waals surface area contributed by atoms with E-state index in [0.717, 1.165) is 3.57 Å². The van der Waals surface area contributed by atoms with Crippen LogP contribution in [0, 0.1) is 3.57 Å². The summed E-state index contributed by atoms with van der Waals surface area (Å²) in [5.41, 5.74) is 1.39. The maximum Gasteiger partial charge on any atom is 0.267 e. The topological polar surface area (TPSA) is 50.3 Å². The van der Waals surface area contributed by atoms with E-state index in [2.05, 4.69) is 27.6 Å². The number of aromatic nitrogens is 1. The highest BCUT2D eigenvalue weighted by molar-refractivity contribution is 14.1. The number of hydrogen-bond donors (Lipinski definition) is 0. The molecule has 0 unspecified atom stereocenters. The number of rotatable bonds is 1. The Balaban J connectivity index is 2.16. The van der Waals surface area contributed by atoms with E-state index in [0.29, 0.717) is 16.8 Å². The van der Waals surface area contributed by atoms with Crippen LogP contribution in [0.2, 0.25) is 0 Å². The van der Waals surface area contributed by atoms with Gasteiger partial charge >= 0.3 is 0 Å². The van der Waals surface area contributed by atoms with Crippen molar-refractivity contribution in [2.75, 3.05) is 4.90 Å². The first kappa shape index (κ1) is 11.3. The summed E-state index contributed by atoms with van der Waals surface area (Å²) in [5.74, 6) is -0.603. The summed E-state index contributed by atoms with van der Waals surface area (Å²) in [6.07, 6.45) is 2.95. The number of para-hydroxylation sites is 1. The molecule has 4 nitrogen and oxygen atoms in total. The van der Waals surface area contributed by atoms with E-state index in [1.165, 1.54) is 17.3 Å². The summed E-state index contributed by atoms with van der Waals surface area (Å²) in [5, 5.41) is 0. The molecule has 1 aliphatic rings. The largest absolute Gasteiger partial charge is 0.268 e. The fourth-order valence-electron chi connectivity index (χ4n) is 1.94. The molecular formula is C13H7IN2O2. The van der Waals surface area contributed by atoms with Crippen LogP contribution in [-0.4, -0.2) is 16.8 Å². The summed E-state index contributed by atoms with van der Waals surface area (Å²) in [6, 6.07) is 8.87. The number of carbonyl (C=O) groups excluding carboxylic acids is 2. The van der Waals surface area contributed by atoms with E-state index < -0.39 is 0 Å². The third-order valence-corrected chi connectivity index (χ3v) is 3.69. The Hall–Kier alpha value is -1.76. The fourth-order valence-corrected chi connectivity index (χ4v) is 2.56. The summed E-state index contributed by atoms with van der Waals surface area (Å²) in [7, 11) is 0. The van der Waals surface area contributed by atoms with Crippen LogP contribution >= 0.6 is 22.6 Å². The monoisotopic (exact) mass is 350 g/mol. The number of carbonyl (C=O) groups is 2. The Bertz CT molecular complexity index is 635. The van der Waals surface area contributed by atoms with Crippen molar-refractivity contribution in [3.63, 3.8) is 0 Å². The number of hydrogen-bond acceptors (Lipinski definition) is 3. The molecule has 0 spiro atoms. The van der Waals surface area contributed by atoms with Crippen molar-refractivity contribution >= 4 is 40.1 Å². The molecule has 0 saturated carbocycles. The zero-order valence-electron chi connectivity index (χ0n) is 9.13. The molecule has 1 aromatic carbocycles. The number of imide groups is 1. The molecule has 2 heterocycles. The molecule has 0 saturated heterocycles. The molecule has 1 aliphatic heterocycles. The molecular weight excluding hydrogens is 343 g/mol. The van der Waals surface area contributed by atoms with Gasteiger partial charge < -0.3 is 0 Å². The lowest BCUT2D eigenvalue weighted by Gasteiger charge is -2.15. The lowest BCUT2D eigenvalue weighted by Crippen LogP contribution is -2.30. The third kappa shape index (κ3) is 1.54. The first-order valence-corrected chi connectivity index (χ1v) is 6.35. The van der Waals surface area contributed by atoms with Gasteiger partial charge in [-0.25, -0.2) is 4.90 Å². The lowest BCUT2D eigenvalue weighted by atomic mass is 10.2. The second-order valence-corrected chi connectivity index (χ2v) is 4.98. The highest BCUT2D eigenvalue weighted by Gasteiger charge is 2.37. The third-order valence-electron chi connectivity index (χ3n) is 2.78. The van der Waals surface area contributed by atoms with Gasteiger partial charge in [0, 0.05) is 16.0 Å². The standard InChI is InChI=1S/C13H7IN2O2/c14-10-3-1-2-4-11(10)16-12(17)8-5-6-15-7-9(8)13(16)18/h1-7H. The summed E-state index contributed by atoms with van der Waals surface area (Å²) in [6.45, 7) is 0. The minimum Gasteiger partial charge on any atom is -0.268 e. The minimum atomic E-state index is -0.313. The second-order valence-electron chi connectivity index (χ2n) is 3.82. The second kappa shape index (κ2) is 4.16. The molecule has 1 aromatic heterocycles. The van der Waals surface area contributed by atoms with Gasteiger partial charge in [0.2, 0.25) is 0 Å². The van der Waals surface area contributed by atoms with Crippen molar-refractivity contribution in [1.29, 1.82) is 0 Å². The van der Waals surface area contributed by atoms with Gasteiger partial charge in [-0.2, -0.15) is 0 Å². The molecule has 0 radical (unpaired) electrons. The molecule has 5 heteroatoms. The predicted molar refractivity (Wildman–Crippen MR) is 74.5 cm³/mol. The molecule has 2 amide bonds. The van der Waals surface area contributed by atoms with Gasteiger partial charge in [0.25, 0.3) is 11.8 Å². The van der Waals surface area contributed by atoms with E-state index in [-0.39, 0.29) is 11.8 Å². The Morgan fingerprint density at radius 1 is 1.00 bits per heavy atom. The number of benzene rings is 1. The van der Waals surface area contributed by atoms with Gasteiger partial charge in [0.05, 0.1) is 16.8 Å². The Labute approximate surface area is 117 Å². The number of anilines is 1. The smallest absolute Gasteiger partial charge is 0.267 e. The quantitative estimate of drug-likeness (QED) is 0.587. The molecule has 18 heavy (non-hydrogen) atoms. The SMILES string of the molecule is O=C1c2ccncc2C(=O)N1c1ccccc1I. The minimum absolute atomic E-state index is 0.290. The van der Waals surface area contributed by atoms with Gasteiger partial charge in [0.1, 0.15) is 0 Å². The molecule has 0 bridgehead atoms. The van der Waals surface area contributed by atoms with Crippen LogP contribution in [0.5, 0.6) is 0 Å². The van der Waals surface area contributed by atoms with E-state index >= 15 is 0 Å². The van der Waals surface area contributed by atoms with E-state index in [1.807, 2.05) is 12.1 Å². The van der Waals surface area contributed by atoms with Crippen LogP contribution < -0.4 is 4.90 Å². The maximum absolute atomic E-state index is 12.2. The van der Waals surface area contributed by atoms with Gasteiger partial charge in [-0.3, -0.25) is 14.6 Å². The molecule has 0 N–H and O–H groups in total. The van der Waals surface area contributed by atoms with Gasteiger partial charge in [-0.05, 0) is 40.8 Å². The normalized spacial score (nSPS) is 13.9. The van der Waals surface area contributed by atoms with Crippen molar-refractivity contribution < 1.29 is 9.59 Å². The first-order valence-electron chi connectivity index (χ1n) is 5.27. The molecule has 0 fully saturated rings. The number of halogens is 1.